The van der Waals surface area contributed by atoms with Gasteiger partial charge in [0, 0.05) is 0 Å². The summed E-state index contributed by atoms with van der Waals surface area (Å²) in [7, 11) is 0. The lowest BCUT2D eigenvalue weighted by molar-refractivity contribution is -0.119. The Morgan fingerprint density at radius 1 is 1.04 bits per heavy atom. The second-order valence-electron chi connectivity index (χ2n) is 5.43. The quantitative estimate of drug-likeness (QED) is 0.797. The number of hydrogen-bond donors (Lipinski definition) is 1. The van der Waals surface area contributed by atoms with Crippen molar-refractivity contribution < 1.29 is 14.3 Å². The summed E-state index contributed by atoms with van der Waals surface area (Å²) in [5.74, 6) is -1.06. The number of rotatable bonds is 4. The summed E-state index contributed by atoms with van der Waals surface area (Å²) >= 11 is 12.2. The number of esters is 1. The molecule has 24 heavy (non-hydrogen) atoms. The fraction of sp³-hybridized carbons (Fsp3) is 0.222. The van der Waals surface area contributed by atoms with E-state index < -0.39 is 18.5 Å². The van der Waals surface area contributed by atoms with Crippen LogP contribution in [-0.4, -0.2) is 18.5 Å². The summed E-state index contributed by atoms with van der Waals surface area (Å²) in [6.45, 7) is 5.11. The van der Waals surface area contributed by atoms with Crippen LogP contribution in [0.5, 0.6) is 0 Å². The molecule has 0 aliphatic heterocycles. The SMILES string of the molecule is Cc1cccc(C(=O)OCC(=O)Nc2c(Cl)ccc(C)c2Cl)c1C. The van der Waals surface area contributed by atoms with Gasteiger partial charge in [0.15, 0.2) is 6.61 Å². The van der Waals surface area contributed by atoms with Gasteiger partial charge >= 0.3 is 5.97 Å². The third kappa shape index (κ3) is 4.08. The van der Waals surface area contributed by atoms with Gasteiger partial charge in [-0.05, 0) is 49.6 Å². The molecule has 4 nitrogen and oxygen atoms in total. The van der Waals surface area contributed by atoms with Crippen LogP contribution in [0, 0.1) is 20.8 Å². The minimum atomic E-state index is -0.548. The number of ether oxygens (including phenoxy) is 1. The average Bonchev–Trinajstić information content (AvgIpc) is 2.55. The van der Waals surface area contributed by atoms with Crippen LogP contribution in [0.1, 0.15) is 27.0 Å². The highest BCUT2D eigenvalue weighted by atomic mass is 35.5. The maximum absolute atomic E-state index is 12.1. The molecule has 126 valence electrons. The molecule has 2 aromatic rings. The third-order valence-electron chi connectivity index (χ3n) is 3.71. The highest BCUT2D eigenvalue weighted by molar-refractivity contribution is 6.40. The third-order valence-corrected chi connectivity index (χ3v) is 4.51. The highest BCUT2D eigenvalue weighted by Crippen LogP contribution is 2.32. The smallest absolute Gasteiger partial charge is 0.338 e. The van der Waals surface area contributed by atoms with Crippen molar-refractivity contribution in [2.45, 2.75) is 20.8 Å². The van der Waals surface area contributed by atoms with Gasteiger partial charge in [-0.3, -0.25) is 4.79 Å². The first-order chi connectivity index (χ1) is 11.3. The van der Waals surface area contributed by atoms with Crippen LogP contribution in [0.4, 0.5) is 5.69 Å². The van der Waals surface area contributed by atoms with Gasteiger partial charge in [-0.25, -0.2) is 4.79 Å². The first-order valence-corrected chi connectivity index (χ1v) is 8.04. The number of hydrogen-bond acceptors (Lipinski definition) is 3. The number of halogens is 2. The van der Waals surface area contributed by atoms with E-state index in [4.69, 9.17) is 27.9 Å². The monoisotopic (exact) mass is 365 g/mol. The molecule has 1 amide bonds. The molecular formula is C18H17Cl2NO3. The van der Waals surface area contributed by atoms with E-state index >= 15 is 0 Å². The Morgan fingerprint density at radius 2 is 1.75 bits per heavy atom. The molecule has 2 rings (SSSR count). The van der Waals surface area contributed by atoms with Gasteiger partial charge in [0.05, 0.1) is 21.3 Å². The van der Waals surface area contributed by atoms with Gasteiger partial charge in [-0.2, -0.15) is 0 Å². The van der Waals surface area contributed by atoms with Gasteiger partial charge in [0.25, 0.3) is 5.91 Å². The predicted octanol–water partition coefficient (Wildman–Crippen LogP) is 4.71. The Labute approximate surface area is 150 Å². The van der Waals surface area contributed by atoms with Crippen molar-refractivity contribution in [3.8, 4) is 0 Å². The fourth-order valence-electron chi connectivity index (χ4n) is 2.13. The van der Waals surface area contributed by atoms with Gasteiger partial charge in [-0.15, -0.1) is 0 Å². The van der Waals surface area contributed by atoms with Crippen molar-refractivity contribution in [1.29, 1.82) is 0 Å². The van der Waals surface area contributed by atoms with Crippen LogP contribution in [0.2, 0.25) is 10.0 Å². The van der Waals surface area contributed by atoms with Crippen LogP contribution >= 0.6 is 23.2 Å². The summed E-state index contributed by atoms with van der Waals surface area (Å²) < 4.78 is 5.07. The topological polar surface area (TPSA) is 55.4 Å². The van der Waals surface area contributed by atoms with Crippen molar-refractivity contribution in [2.24, 2.45) is 0 Å². The van der Waals surface area contributed by atoms with Gasteiger partial charge in [0.1, 0.15) is 0 Å². The number of carbonyl (C=O) groups excluding carboxylic acids is 2. The summed E-state index contributed by atoms with van der Waals surface area (Å²) in [5.41, 5.74) is 3.34. The lowest BCUT2D eigenvalue weighted by Gasteiger charge is -2.12. The zero-order valence-electron chi connectivity index (χ0n) is 13.6. The zero-order chi connectivity index (χ0) is 17.9. The lowest BCUT2D eigenvalue weighted by atomic mass is 10.0. The van der Waals surface area contributed by atoms with Crippen LogP contribution in [-0.2, 0) is 9.53 Å². The Balaban J connectivity index is 2.03. The second-order valence-corrected chi connectivity index (χ2v) is 6.21. The molecule has 0 heterocycles. The van der Waals surface area contributed by atoms with Crippen molar-refractivity contribution >= 4 is 40.8 Å². The molecule has 0 spiro atoms. The number of nitrogens with one attached hydrogen (secondary N) is 1. The molecule has 0 radical (unpaired) electrons. The Bertz CT molecular complexity index is 803. The van der Waals surface area contributed by atoms with E-state index in [1.807, 2.05) is 19.9 Å². The highest BCUT2D eigenvalue weighted by Gasteiger charge is 2.16. The van der Waals surface area contributed by atoms with Crippen molar-refractivity contribution in [3.63, 3.8) is 0 Å². The number of carbonyl (C=O) groups is 2. The Morgan fingerprint density at radius 3 is 2.46 bits per heavy atom. The minimum absolute atomic E-state index is 0.311. The number of anilines is 1. The average molecular weight is 366 g/mol. The molecule has 0 fully saturated rings. The van der Waals surface area contributed by atoms with Crippen molar-refractivity contribution in [2.75, 3.05) is 11.9 Å². The van der Waals surface area contributed by atoms with E-state index in [0.717, 1.165) is 16.7 Å². The van der Waals surface area contributed by atoms with Gasteiger partial charge < -0.3 is 10.1 Å². The Kier molecular flexibility index (Phi) is 5.86. The molecule has 6 heteroatoms. The zero-order valence-corrected chi connectivity index (χ0v) is 15.1. The van der Waals surface area contributed by atoms with Crippen LogP contribution in [0.25, 0.3) is 0 Å². The molecule has 0 aliphatic rings. The van der Waals surface area contributed by atoms with Crippen LogP contribution < -0.4 is 5.32 Å². The number of aryl methyl sites for hydroxylation is 2. The molecule has 0 bridgehead atoms. The molecule has 0 saturated heterocycles. The van der Waals surface area contributed by atoms with Gasteiger partial charge in [0.2, 0.25) is 0 Å². The van der Waals surface area contributed by atoms with E-state index in [2.05, 4.69) is 5.32 Å². The molecular weight excluding hydrogens is 349 g/mol. The van der Waals surface area contributed by atoms with E-state index in [0.29, 0.717) is 21.3 Å². The Hall–Kier alpha value is -2.04. The second kappa shape index (κ2) is 7.69. The van der Waals surface area contributed by atoms with Crippen molar-refractivity contribution in [3.05, 3.63) is 62.6 Å². The summed E-state index contributed by atoms with van der Waals surface area (Å²) in [6.07, 6.45) is 0. The van der Waals surface area contributed by atoms with Crippen LogP contribution in [0.15, 0.2) is 30.3 Å². The minimum Gasteiger partial charge on any atom is -0.452 e. The van der Waals surface area contributed by atoms with Crippen LogP contribution in [0.3, 0.4) is 0 Å². The van der Waals surface area contributed by atoms with E-state index in [-0.39, 0.29) is 0 Å². The summed E-state index contributed by atoms with van der Waals surface area (Å²) in [4.78, 5) is 24.1. The number of benzene rings is 2. The maximum atomic E-state index is 12.1. The normalized spacial score (nSPS) is 10.4. The van der Waals surface area contributed by atoms with E-state index in [1.54, 1.807) is 31.2 Å². The number of amides is 1. The largest absolute Gasteiger partial charge is 0.452 e. The summed E-state index contributed by atoms with van der Waals surface area (Å²) in [6, 6.07) is 8.73. The lowest BCUT2D eigenvalue weighted by Crippen LogP contribution is -2.21. The molecule has 0 saturated carbocycles. The van der Waals surface area contributed by atoms with E-state index in [1.165, 1.54) is 0 Å². The van der Waals surface area contributed by atoms with Gasteiger partial charge in [-0.1, -0.05) is 41.4 Å². The first kappa shape index (κ1) is 18.3. The fourth-order valence-corrected chi connectivity index (χ4v) is 2.59. The summed E-state index contributed by atoms with van der Waals surface area (Å²) in [5, 5.41) is 3.25. The molecule has 0 atom stereocenters. The predicted molar refractivity (Wildman–Crippen MR) is 96.0 cm³/mol. The molecule has 0 aliphatic carbocycles. The molecule has 2 aromatic carbocycles. The first-order valence-electron chi connectivity index (χ1n) is 7.29. The van der Waals surface area contributed by atoms with E-state index in [9.17, 15) is 9.59 Å². The molecule has 0 unspecified atom stereocenters. The standard InChI is InChI=1S/C18H17Cl2NO3/c1-10-5-4-6-13(12(10)3)18(23)24-9-15(22)21-17-14(19)8-7-11(2)16(17)20/h4-8H,9H2,1-3H3,(H,21,22). The molecule has 0 aromatic heterocycles. The molecule has 1 N–H and O–H groups in total. The van der Waals surface area contributed by atoms with Crippen molar-refractivity contribution in [1.82, 2.24) is 0 Å². The maximum Gasteiger partial charge on any atom is 0.338 e.